The first-order chi connectivity index (χ1) is 5.75. The fourth-order valence-electron chi connectivity index (χ4n) is 1.25. The molecule has 1 unspecified atom stereocenters. The highest BCUT2D eigenvalue weighted by Gasteiger charge is 2.17. The van der Waals surface area contributed by atoms with Crippen LogP contribution in [0.5, 0.6) is 0 Å². The summed E-state index contributed by atoms with van der Waals surface area (Å²) in [6.07, 6.45) is 6.22. The lowest BCUT2D eigenvalue weighted by Gasteiger charge is -2.26. The van der Waals surface area contributed by atoms with Crippen LogP contribution < -0.4 is 11.5 Å². The van der Waals surface area contributed by atoms with Gasteiger partial charge in [0.25, 0.3) is 0 Å². The molecule has 0 radical (unpaired) electrons. The van der Waals surface area contributed by atoms with Gasteiger partial charge in [0.1, 0.15) is 0 Å². The van der Waals surface area contributed by atoms with Crippen LogP contribution >= 0.6 is 0 Å². The Bertz CT molecular complexity index is 157. The molecule has 0 saturated carbocycles. The largest absolute Gasteiger partial charge is 0.347 e. The molecule has 4 nitrogen and oxygen atoms in total. The molecule has 0 aromatic heterocycles. The van der Waals surface area contributed by atoms with E-state index in [-0.39, 0.29) is 6.29 Å². The number of nitrogens with two attached hydrogens (primary N) is 2. The Morgan fingerprint density at radius 2 is 2.08 bits per heavy atom. The molecule has 0 fully saturated rings. The summed E-state index contributed by atoms with van der Waals surface area (Å²) < 4.78 is 0. The van der Waals surface area contributed by atoms with Crippen molar-refractivity contribution in [3.63, 3.8) is 0 Å². The Kier molecular flexibility index (Phi) is 3.37. The van der Waals surface area contributed by atoms with Gasteiger partial charge in [-0.05, 0) is 19.4 Å². The van der Waals surface area contributed by atoms with Crippen LogP contribution in [0.3, 0.4) is 0 Å². The normalized spacial score (nSPS) is 22.4. The van der Waals surface area contributed by atoms with Gasteiger partial charge >= 0.3 is 0 Å². The van der Waals surface area contributed by atoms with E-state index < -0.39 is 0 Å². The maximum absolute atomic E-state index is 5.86. The van der Waals surface area contributed by atoms with Crippen molar-refractivity contribution in [1.29, 1.82) is 0 Å². The van der Waals surface area contributed by atoms with Crippen molar-refractivity contribution in [2.24, 2.45) is 11.5 Å². The first-order valence-corrected chi connectivity index (χ1v) is 4.37. The van der Waals surface area contributed by atoms with Crippen LogP contribution in [-0.4, -0.2) is 36.2 Å². The molecule has 1 rings (SSSR count). The molecule has 0 bridgehead atoms. The third kappa shape index (κ3) is 2.12. The lowest BCUT2D eigenvalue weighted by Crippen LogP contribution is -2.44. The minimum atomic E-state index is 0.0165. The second kappa shape index (κ2) is 4.33. The van der Waals surface area contributed by atoms with E-state index in [1.54, 1.807) is 0 Å². The third-order valence-electron chi connectivity index (χ3n) is 2.12. The van der Waals surface area contributed by atoms with E-state index in [0.29, 0.717) is 0 Å². The van der Waals surface area contributed by atoms with Gasteiger partial charge in [0, 0.05) is 26.0 Å². The Balaban J connectivity index is 2.21. The summed E-state index contributed by atoms with van der Waals surface area (Å²) in [4.78, 5) is 4.11. The van der Waals surface area contributed by atoms with E-state index in [1.165, 1.54) is 0 Å². The minimum Gasteiger partial charge on any atom is -0.347 e. The Labute approximate surface area is 73.8 Å². The second-order valence-corrected chi connectivity index (χ2v) is 3.11. The van der Waals surface area contributed by atoms with Gasteiger partial charge in [-0.25, -0.2) is 0 Å². The predicted octanol–water partition coefficient (Wildman–Crippen LogP) is -0.314. The van der Waals surface area contributed by atoms with E-state index in [1.807, 2.05) is 24.3 Å². The Hall–Kier alpha value is -0.740. The van der Waals surface area contributed by atoms with Crippen LogP contribution in [0.15, 0.2) is 12.4 Å². The molecule has 0 aliphatic carbocycles. The van der Waals surface area contributed by atoms with Crippen LogP contribution in [0.25, 0.3) is 0 Å². The van der Waals surface area contributed by atoms with Crippen LogP contribution in [0, 0.1) is 0 Å². The van der Waals surface area contributed by atoms with Gasteiger partial charge in [0.2, 0.25) is 0 Å². The highest BCUT2D eigenvalue weighted by molar-refractivity contribution is 4.92. The third-order valence-corrected chi connectivity index (χ3v) is 2.12. The summed E-state index contributed by atoms with van der Waals surface area (Å²) in [5.41, 5.74) is 11.3. The first-order valence-electron chi connectivity index (χ1n) is 4.37. The summed E-state index contributed by atoms with van der Waals surface area (Å²) in [6.45, 7) is 1.77. The summed E-state index contributed by atoms with van der Waals surface area (Å²) in [5.74, 6) is 0. The zero-order chi connectivity index (χ0) is 8.97. The molecule has 1 atom stereocenters. The fraction of sp³-hybridized carbons (Fsp3) is 0.750. The zero-order valence-corrected chi connectivity index (χ0v) is 7.61. The second-order valence-electron chi connectivity index (χ2n) is 3.11. The van der Waals surface area contributed by atoms with E-state index in [0.717, 1.165) is 25.9 Å². The molecule has 12 heavy (non-hydrogen) atoms. The average molecular weight is 170 g/mol. The molecule has 0 amide bonds. The molecular formula is C8H18N4. The smallest absolute Gasteiger partial charge is 0.154 e. The predicted molar refractivity (Wildman–Crippen MR) is 49.9 cm³/mol. The number of hydrogen-bond acceptors (Lipinski definition) is 4. The molecule has 0 aromatic rings. The van der Waals surface area contributed by atoms with Gasteiger partial charge in [-0.2, -0.15) is 0 Å². The van der Waals surface area contributed by atoms with Gasteiger partial charge in [0.05, 0.1) is 0 Å². The van der Waals surface area contributed by atoms with Crippen molar-refractivity contribution < 1.29 is 0 Å². The highest BCUT2D eigenvalue weighted by Crippen LogP contribution is 2.09. The lowest BCUT2D eigenvalue weighted by atomic mass is 10.3. The maximum atomic E-state index is 5.86. The summed E-state index contributed by atoms with van der Waals surface area (Å²) >= 11 is 0. The first kappa shape index (κ1) is 9.35. The van der Waals surface area contributed by atoms with Crippen LogP contribution in [0.4, 0.5) is 0 Å². The van der Waals surface area contributed by atoms with Crippen molar-refractivity contribution in [3.05, 3.63) is 12.4 Å². The van der Waals surface area contributed by atoms with E-state index in [9.17, 15) is 0 Å². The van der Waals surface area contributed by atoms with Crippen LogP contribution in [0.2, 0.25) is 0 Å². The van der Waals surface area contributed by atoms with E-state index in [2.05, 4.69) is 4.90 Å². The molecule has 4 heteroatoms. The minimum absolute atomic E-state index is 0.0165. The maximum Gasteiger partial charge on any atom is 0.154 e. The summed E-state index contributed by atoms with van der Waals surface area (Å²) in [5, 5.41) is 0. The topological polar surface area (TPSA) is 58.5 Å². The molecule has 1 aliphatic heterocycles. The summed E-state index contributed by atoms with van der Waals surface area (Å²) in [6, 6.07) is 0. The Morgan fingerprint density at radius 1 is 1.33 bits per heavy atom. The molecule has 0 aromatic carbocycles. The van der Waals surface area contributed by atoms with Gasteiger partial charge in [-0.3, -0.25) is 5.73 Å². The van der Waals surface area contributed by atoms with Crippen molar-refractivity contribution in [1.82, 2.24) is 9.80 Å². The van der Waals surface area contributed by atoms with Gasteiger partial charge < -0.3 is 15.5 Å². The van der Waals surface area contributed by atoms with E-state index >= 15 is 0 Å². The van der Waals surface area contributed by atoms with Crippen molar-refractivity contribution in [3.8, 4) is 0 Å². The molecule has 1 heterocycles. The molecule has 0 saturated heterocycles. The molecular weight excluding hydrogens is 152 g/mol. The average Bonchev–Trinajstić information content (AvgIpc) is 2.36. The van der Waals surface area contributed by atoms with Gasteiger partial charge in [0.15, 0.2) is 6.29 Å². The SMILES string of the molecule is CN1C=CN(CCCCN)C1N. The monoisotopic (exact) mass is 170 g/mol. The van der Waals surface area contributed by atoms with E-state index in [4.69, 9.17) is 11.5 Å². The number of rotatable bonds is 4. The van der Waals surface area contributed by atoms with Gasteiger partial charge in [-0.1, -0.05) is 0 Å². The summed E-state index contributed by atoms with van der Waals surface area (Å²) in [7, 11) is 1.98. The number of hydrogen-bond donors (Lipinski definition) is 2. The number of nitrogens with zero attached hydrogens (tertiary/aromatic N) is 2. The standard InChI is InChI=1S/C8H18N4/c1-11-6-7-12(8(11)10)5-3-2-4-9/h6-8H,2-5,9-10H2,1H3. The molecule has 4 N–H and O–H groups in total. The molecule has 1 aliphatic rings. The van der Waals surface area contributed by atoms with Crippen LogP contribution in [0.1, 0.15) is 12.8 Å². The quantitative estimate of drug-likeness (QED) is 0.568. The fourth-order valence-corrected chi connectivity index (χ4v) is 1.25. The van der Waals surface area contributed by atoms with Crippen molar-refractivity contribution >= 4 is 0 Å². The van der Waals surface area contributed by atoms with Crippen molar-refractivity contribution in [2.75, 3.05) is 20.1 Å². The Morgan fingerprint density at radius 3 is 2.58 bits per heavy atom. The lowest BCUT2D eigenvalue weighted by molar-refractivity contribution is 0.181. The van der Waals surface area contributed by atoms with Crippen LogP contribution in [-0.2, 0) is 0 Å². The van der Waals surface area contributed by atoms with Crippen molar-refractivity contribution in [2.45, 2.75) is 19.1 Å². The zero-order valence-electron chi connectivity index (χ0n) is 7.61. The van der Waals surface area contributed by atoms with Gasteiger partial charge in [-0.15, -0.1) is 0 Å². The highest BCUT2D eigenvalue weighted by atomic mass is 15.4. The molecule has 0 spiro atoms. The number of unbranched alkanes of at least 4 members (excludes halogenated alkanes) is 1. The molecule has 70 valence electrons.